The zero-order valence-electron chi connectivity index (χ0n) is 21.5. The summed E-state index contributed by atoms with van der Waals surface area (Å²) in [5, 5.41) is 0. The fourth-order valence-corrected chi connectivity index (χ4v) is 4.79. The molecule has 180 valence electrons. The van der Waals surface area contributed by atoms with Gasteiger partial charge in [-0.2, -0.15) is 12.8 Å². The molecule has 4 rings (SSSR count). The Morgan fingerprint density at radius 3 is 1.42 bits per heavy atom. The van der Waals surface area contributed by atoms with Crippen molar-refractivity contribution >= 4 is 34.7 Å². The zero-order valence-corrected chi connectivity index (χ0v) is 24.4. The van der Waals surface area contributed by atoms with Crippen molar-refractivity contribution in [3.63, 3.8) is 0 Å². The van der Waals surface area contributed by atoms with Gasteiger partial charge in [0.15, 0.2) is 0 Å². The first-order chi connectivity index (χ1) is 14.8. The molecule has 33 heavy (non-hydrogen) atoms. The molecule has 0 amide bonds. The van der Waals surface area contributed by atoms with Gasteiger partial charge in [0.25, 0.3) is 0 Å². The van der Waals surface area contributed by atoms with Gasteiger partial charge in [0, 0.05) is 0 Å². The predicted molar refractivity (Wildman–Crippen MR) is 145 cm³/mol. The molecule has 0 bridgehead atoms. The van der Waals surface area contributed by atoms with Crippen LogP contribution in [0.1, 0.15) is 103 Å². The molecule has 2 aliphatic rings. The van der Waals surface area contributed by atoms with Crippen molar-refractivity contribution in [2.24, 2.45) is 5.92 Å². The topological polar surface area (TPSA) is 0 Å². The van der Waals surface area contributed by atoms with Gasteiger partial charge in [-0.3, -0.25) is 0 Å². The van der Waals surface area contributed by atoms with Crippen LogP contribution in [0.2, 0.25) is 0 Å². The molecule has 0 saturated heterocycles. The summed E-state index contributed by atoms with van der Waals surface area (Å²) in [5.74, 6) is 0.883. The van der Waals surface area contributed by atoms with Crippen LogP contribution in [0.15, 0.2) is 60.7 Å². The second-order valence-corrected chi connectivity index (χ2v) is 11.1. The molecule has 2 aromatic carbocycles. The van der Waals surface area contributed by atoms with Gasteiger partial charge in [0.05, 0.1) is 4.87 Å². The Morgan fingerprint density at radius 2 is 1.09 bits per heavy atom. The third-order valence-electron chi connectivity index (χ3n) is 6.92. The van der Waals surface area contributed by atoms with Gasteiger partial charge in [0.1, 0.15) is 0 Å². The standard InChI is InChI=1S/C15H22.C9H11Cl.C6H11.ClH.Mg/c1-15(2,13-9-5-3-6-10-13)14-11-7-4-8-12-14;1-9(2,10)8-6-4-3-5-7-8;1-2-4-6-5-3-1;;/h3,5-6,9-10,14H,4,7-8,11-12H2,1-2H3;3-7H,1-2H3;1H,2-6H2;1H;/q;;-1;;+2/p-1. The second-order valence-electron chi connectivity index (χ2n) is 10.2. The summed E-state index contributed by atoms with van der Waals surface area (Å²) in [6.45, 7) is 8.81. The van der Waals surface area contributed by atoms with Crippen LogP contribution in [-0.4, -0.2) is 23.1 Å². The van der Waals surface area contributed by atoms with Crippen molar-refractivity contribution in [3.05, 3.63) is 78.2 Å². The van der Waals surface area contributed by atoms with Gasteiger partial charge >= 0.3 is 23.1 Å². The summed E-state index contributed by atoms with van der Waals surface area (Å²) in [6, 6.07) is 21.1. The molecule has 0 heterocycles. The summed E-state index contributed by atoms with van der Waals surface area (Å²) in [6.07, 6.45) is 16.6. The van der Waals surface area contributed by atoms with E-state index in [1.807, 2.05) is 44.2 Å². The van der Waals surface area contributed by atoms with Crippen LogP contribution in [-0.2, 0) is 10.3 Å². The third kappa shape index (κ3) is 12.3. The maximum atomic E-state index is 6.06. The van der Waals surface area contributed by atoms with E-state index in [1.165, 1.54) is 69.8 Å². The van der Waals surface area contributed by atoms with Crippen molar-refractivity contribution in [2.45, 2.75) is 102 Å². The largest absolute Gasteiger partial charge is 2.00 e. The Kier molecular flexibility index (Phi) is 17.1. The van der Waals surface area contributed by atoms with Crippen molar-refractivity contribution in [1.82, 2.24) is 0 Å². The molecule has 2 aliphatic carbocycles. The molecule has 0 atom stereocenters. The van der Waals surface area contributed by atoms with Crippen LogP contribution < -0.4 is 12.4 Å². The van der Waals surface area contributed by atoms with Crippen molar-refractivity contribution in [2.75, 3.05) is 0 Å². The number of hydrogen-bond acceptors (Lipinski definition) is 0. The summed E-state index contributed by atoms with van der Waals surface area (Å²) in [5.41, 5.74) is 3.04. The fourth-order valence-electron chi connectivity index (χ4n) is 4.66. The van der Waals surface area contributed by atoms with Crippen LogP contribution in [0.3, 0.4) is 0 Å². The van der Waals surface area contributed by atoms with Gasteiger partial charge in [-0.1, -0.05) is 113 Å². The van der Waals surface area contributed by atoms with E-state index < -0.39 is 0 Å². The van der Waals surface area contributed by atoms with Gasteiger partial charge < -0.3 is 18.8 Å². The van der Waals surface area contributed by atoms with E-state index in [0.717, 1.165) is 11.5 Å². The third-order valence-corrected chi connectivity index (χ3v) is 7.14. The smallest absolute Gasteiger partial charge is 1.00 e. The number of benzene rings is 2. The molecule has 0 radical (unpaired) electrons. The van der Waals surface area contributed by atoms with Crippen LogP contribution >= 0.6 is 11.6 Å². The molecular formula is C30H44Cl2Mg. The molecule has 0 aliphatic heterocycles. The quantitative estimate of drug-likeness (QED) is 0.257. The van der Waals surface area contributed by atoms with Crippen LogP contribution in [0.4, 0.5) is 0 Å². The maximum Gasteiger partial charge on any atom is 2.00 e. The minimum Gasteiger partial charge on any atom is -1.00 e. The molecular weight excluding hydrogens is 456 g/mol. The average Bonchev–Trinajstić information content (AvgIpc) is 2.82. The number of rotatable bonds is 3. The van der Waals surface area contributed by atoms with Crippen molar-refractivity contribution in [1.29, 1.82) is 0 Å². The van der Waals surface area contributed by atoms with Crippen molar-refractivity contribution < 1.29 is 12.4 Å². The average molecular weight is 500 g/mol. The molecule has 2 saturated carbocycles. The monoisotopic (exact) mass is 498 g/mol. The number of halogens is 2. The van der Waals surface area contributed by atoms with Gasteiger partial charge in [0.2, 0.25) is 0 Å². The molecule has 0 spiro atoms. The molecule has 2 fully saturated rings. The first kappa shape index (κ1) is 32.8. The summed E-state index contributed by atoms with van der Waals surface area (Å²) >= 11 is 6.06. The Morgan fingerprint density at radius 1 is 0.667 bits per heavy atom. The molecule has 0 N–H and O–H groups in total. The molecule has 0 nitrogen and oxygen atoms in total. The molecule has 0 unspecified atom stereocenters. The van der Waals surface area contributed by atoms with Gasteiger partial charge in [-0.05, 0) is 49.1 Å². The first-order valence-corrected chi connectivity index (χ1v) is 12.8. The fraction of sp³-hybridized carbons (Fsp3) is 0.567. The zero-order chi connectivity index (χ0) is 22.6. The normalized spacial score (nSPS) is 16.5. The Bertz CT molecular complexity index is 686. The SMILES string of the molecule is CC(C)(Cl)c1ccccc1.CC(C)(c1ccccc1)C1CCCCC1.[CH-]1CCCCC1.[Cl-].[Mg+2]. The van der Waals surface area contributed by atoms with Gasteiger partial charge in [-0.25, -0.2) is 0 Å². The van der Waals surface area contributed by atoms with Crippen LogP contribution in [0.5, 0.6) is 0 Å². The minimum atomic E-state index is -0.235. The van der Waals surface area contributed by atoms with E-state index in [4.69, 9.17) is 11.6 Å². The Balaban J connectivity index is 0.000000495. The van der Waals surface area contributed by atoms with E-state index in [1.54, 1.807) is 0 Å². The summed E-state index contributed by atoms with van der Waals surface area (Å²) < 4.78 is 0. The molecule has 3 heteroatoms. The van der Waals surface area contributed by atoms with E-state index in [0.29, 0.717) is 5.41 Å². The van der Waals surface area contributed by atoms with E-state index >= 15 is 0 Å². The predicted octanol–water partition coefficient (Wildman–Crippen LogP) is 6.48. The van der Waals surface area contributed by atoms with Crippen molar-refractivity contribution in [3.8, 4) is 0 Å². The summed E-state index contributed by atoms with van der Waals surface area (Å²) in [7, 11) is 0. The number of hydrogen-bond donors (Lipinski definition) is 0. The minimum absolute atomic E-state index is 0. The van der Waals surface area contributed by atoms with E-state index in [2.05, 4.69) is 50.6 Å². The molecule has 2 aromatic rings. The first-order valence-electron chi connectivity index (χ1n) is 12.4. The number of alkyl halides is 1. The molecule has 0 aromatic heterocycles. The van der Waals surface area contributed by atoms with Gasteiger partial charge in [-0.15, -0.1) is 11.6 Å². The maximum absolute atomic E-state index is 6.06. The Hall–Kier alpha value is -0.214. The Labute approximate surface area is 232 Å². The van der Waals surface area contributed by atoms with Crippen LogP contribution in [0.25, 0.3) is 0 Å². The second kappa shape index (κ2) is 17.3. The van der Waals surface area contributed by atoms with E-state index in [9.17, 15) is 0 Å². The van der Waals surface area contributed by atoms with E-state index in [-0.39, 0.29) is 40.3 Å². The van der Waals surface area contributed by atoms with Crippen LogP contribution in [0, 0.1) is 12.3 Å². The summed E-state index contributed by atoms with van der Waals surface area (Å²) in [4.78, 5) is -0.235.